The standard InChI is InChI=1S/C22H16ClN5/c23-16-8-4-5-14(11-16)9-10-19-27-21-20(24-13-25-21)22(28-19)26-18-12-17(18)15-6-2-1-3-7-15/h1-8,11,13,17-18H,12H2,(H2,24,25,26,27,28). The van der Waals surface area contributed by atoms with Gasteiger partial charge < -0.3 is 10.3 Å². The van der Waals surface area contributed by atoms with Gasteiger partial charge in [0.2, 0.25) is 5.82 Å². The molecule has 1 saturated carbocycles. The fraction of sp³-hybridized carbons (Fsp3) is 0.136. The first-order chi connectivity index (χ1) is 13.8. The van der Waals surface area contributed by atoms with Crippen molar-refractivity contribution >= 4 is 28.6 Å². The van der Waals surface area contributed by atoms with Crippen molar-refractivity contribution in [2.45, 2.75) is 18.4 Å². The lowest BCUT2D eigenvalue weighted by atomic mass is 10.1. The number of nitrogens with one attached hydrogen (secondary N) is 2. The van der Waals surface area contributed by atoms with Crippen LogP contribution in [-0.4, -0.2) is 26.0 Å². The van der Waals surface area contributed by atoms with Crippen molar-refractivity contribution < 1.29 is 0 Å². The van der Waals surface area contributed by atoms with E-state index in [1.807, 2.05) is 30.3 Å². The fourth-order valence-corrected chi connectivity index (χ4v) is 3.48. The molecule has 5 rings (SSSR count). The summed E-state index contributed by atoms with van der Waals surface area (Å²) in [6.45, 7) is 0. The zero-order valence-corrected chi connectivity index (χ0v) is 15.6. The van der Waals surface area contributed by atoms with Gasteiger partial charge in [-0.25, -0.2) is 9.97 Å². The summed E-state index contributed by atoms with van der Waals surface area (Å²) >= 11 is 6.02. The van der Waals surface area contributed by atoms with Crippen molar-refractivity contribution in [2.24, 2.45) is 0 Å². The molecule has 4 aromatic rings. The molecule has 1 fully saturated rings. The zero-order valence-electron chi connectivity index (χ0n) is 14.9. The molecule has 1 aliphatic carbocycles. The van der Waals surface area contributed by atoms with Gasteiger partial charge in [0.05, 0.1) is 6.33 Å². The van der Waals surface area contributed by atoms with E-state index in [1.54, 1.807) is 6.33 Å². The second-order valence-corrected chi connectivity index (χ2v) is 7.20. The molecule has 2 N–H and O–H groups in total. The van der Waals surface area contributed by atoms with Crippen LogP contribution in [0.1, 0.15) is 29.3 Å². The first kappa shape index (κ1) is 16.8. The van der Waals surface area contributed by atoms with Gasteiger partial charge in [-0.1, -0.05) is 53.9 Å². The first-order valence-electron chi connectivity index (χ1n) is 9.06. The van der Waals surface area contributed by atoms with Gasteiger partial charge in [-0.3, -0.25) is 0 Å². The predicted molar refractivity (Wildman–Crippen MR) is 110 cm³/mol. The summed E-state index contributed by atoms with van der Waals surface area (Å²) in [6, 6.07) is 18.3. The van der Waals surface area contributed by atoms with Gasteiger partial charge in [-0.15, -0.1) is 0 Å². The van der Waals surface area contributed by atoms with Gasteiger partial charge in [0.1, 0.15) is 5.52 Å². The highest BCUT2D eigenvalue weighted by Crippen LogP contribution is 2.42. The highest BCUT2D eigenvalue weighted by molar-refractivity contribution is 6.30. The maximum absolute atomic E-state index is 6.02. The van der Waals surface area contributed by atoms with Crippen LogP contribution in [0.15, 0.2) is 60.9 Å². The second-order valence-electron chi connectivity index (χ2n) is 6.76. The van der Waals surface area contributed by atoms with Crippen LogP contribution in [0.3, 0.4) is 0 Å². The minimum absolute atomic E-state index is 0.345. The Morgan fingerprint density at radius 1 is 1.04 bits per heavy atom. The third-order valence-electron chi connectivity index (χ3n) is 4.77. The Hall–Kier alpha value is -3.36. The van der Waals surface area contributed by atoms with Crippen molar-refractivity contribution in [1.29, 1.82) is 0 Å². The molecular weight excluding hydrogens is 370 g/mol. The Morgan fingerprint density at radius 3 is 2.79 bits per heavy atom. The van der Waals surface area contributed by atoms with Crippen LogP contribution >= 0.6 is 11.6 Å². The third kappa shape index (κ3) is 3.42. The molecule has 0 bridgehead atoms. The summed E-state index contributed by atoms with van der Waals surface area (Å²) in [5, 5.41) is 4.18. The lowest BCUT2D eigenvalue weighted by molar-refractivity contribution is 1.02. The van der Waals surface area contributed by atoms with E-state index < -0.39 is 0 Å². The molecule has 2 unspecified atom stereocenters. The second kappa shape index (κ2) is 6.99. The summed E-state index contributed by atoms with van der Waals surface area (Å²) in [7, 11) is 0. The minimum atomic E-state index is 0.345. The Morgan fingerprint density at radius 2 is 1.93 bits per heavy atom. The number of rotatable bonds is 3. The molecule has 136 valence electrons. The molecule has 1 aliphatic rings. The van der Waals surface area contributed by atoms with E-state index >= 15 is 0 Å². The average molecular weight is 386 g/mol. The van der Waals surface area contributed by atoms with Gasteiger partial charge in [-0.05, 0) is 36.1 Å². The van der Waals surface area contributed by atoms with Crippen LogP contribution in [0.4, 0.5) is 5.82 Å². The third-order valence-corrected chi connectivity index (χ3v) is 5.00. The van der Waals surface area contributed by atoms with Crippen LogP contribution < -0.4 is 5.32 Å². The molecule has 2 aromatic heterocycles. The highest BCUT2D eigenvalue weighted by atomic mass is 35.5. The van der Waals surface area contributed by atoms with Crippen LogP contribution in [0.25, 0.3) is 11.2 Å². The number of H-pyrrole nitrogens is 1. The van der Waals surface area contributed by atoms with E-state index in [-0.39, 0.29) is 0 Å². The Balaban J connectivity index is 1.43. The molecule has 28 heavy (non-hydrogen) atoms. The summed E-state index contributed by atoms with van der Waals surface area (Å²) in [6.07, 6.45) is 2.70. The number of aromatic amines is 1. The summed E-state index contributed by atoms with van der Waals surface area (Å²) < 4.78 is 0. The molecule has 2 aromatic carbocycles. The van der Waals surface area contributed by atoms with Crippen LogP contribution in [0.5, 0.6) is 0 Å². The van der Waals surface area contributed by atoms with E-state index in [4.69, 9.17) is 11.6 Å². The van der Waals surface area contributed by atoms with Crippen LogP contribution in [0, 0.1) is 11.8 Å². The molecule has 0 radical (unpaired) electrons. The number of anilines is 1. The van der Waals surface area contributed by atoms with E-state index in [0.717, 1.165) is 23.3 Å². The van der Waals surface area contributed by atoms with Gasteiger partial charge in [0, 0.05) is 22.5 Å². The molecular formula is C22H16ClN5. The zero-order chi connectivity index (χ0) is 18.9. The largest absolute Gasteiger partial charge is 0.365 e. The molecule has 0 spiro atoms. The molecule has 0 amide bonds. The number of halogens is 1. The average Bonchev–Trinajstić information content (AvgIpc) is 3.31. The first-order valence-corrected chi connectivity index (χ1v) is 9.44. The number of imidazole rings is 1. The fourth-order valence-electron chi connectivity index (χ4n) is 3.29. The van der Waals surface area contributed by atoms with Gasteiger partial charge >= 0.3 is 0 Å². The summed E-state index contributed by atoms with van der Waals surface area (Å²) in [5.41, 5.74) is 3.56. The molecule has 2 heterocycles. The number of hydrogen-bond donors (Lipinski definition) is 2. The Labute approximate surface area is 167 Å². The van der Waals surface area contributed by atoms with Crippen molar-refractivity contribution in [2.75, 3.05) is 5.32 Å². The minimum Gasteiger partial charge on any atom is -0.365 e. The highest BCUT2D eigenvalue weighted by Gasteiger charge is 2.38. The van der Waals surface area contributed by atoms with Gasteiger partial charge in [0.15, 0.2) is 11.5 Å². The topological polar surface area (TPSA) is 66.5 Å². The van der Waals surface area contributed by atoms with E-state index in [1.165, 1.54) is 5.56 Å². The monoisotopic (exact) mass is 385 g/mol. The van der Waals surface area contributed by atoms with Crippen LogP contribution in [0.2, 0.25) is 5.02 Å². The molecule has 5 nitrogen and oxygen atoms in total. The number of benzene rings is 2. The van der Waals surface area contributed by atoms with Crippen molar-refractivity contribution in [3.63, 3.8) is 0 Å². The van der Waals surface area contributed by atoms with E-state index in [9.17, 15) is 0 Å². The van der Waals surface area contributed by atoms with Crippen molar-refractivity contribution in [3.8, 4) is 11.8 Å². The van der Waals surface area contributed by atoms with Crippen LogP contribution in [-0.2, 0) is 0 Å². The summed E-state index contributed by atoms with van der Waals surface area (Å²) in [4.78, 5) is 16.5. The van der Waals surface area contributed by atoms with Crippen molar-refractivity contribution in [1.82, 2.24) is 19.9 Å². The number of nitrogens with zero attached hydrogens (tertiary/aromatic N) is 3. The smallest absolute Gasteiger partial charge is 0.209 e. The SMILES string of the molecule is Clc1cccc(C#Cc2nc(NC3CC3c3ccccc3)c3[nH]cnc3n2)c1. The number of fused-ring (bicyclic) bond motifs is 1. The van der Waals surface area contributed by atoms with Gasteiger partial charge in [-0.2, -0.15) is 4.98 Å². The molecule has 0 aliphatic heterocycles. The van der Waals surface area contributed by atoms with Crippen molar-refractivity contribution in [3.05, 3.63) is 82.9 Å². The Bertz CT molecular complexity index is 1210. The molecule has 0 saturated heterocycles. The maximum atomic E-state index is 6.02. The van der Waals surface area contributed by atoms with E-state index in [2.05, 4.69) is 61.4 Å². The lowest BCUT2D eigenvalue weighted by Gasteiger charge is -2.06. The van der Waals surface area contributed by atoms with E-state index in [0.29, 0.717) is 28.5 Å². The Kier molecular flexibility index (Phi) is 4.19. The quantitative estimate of drug-likeness (QED) is 0.514. The predicted octanol–water partition coefficient (Wildman–Crippen LogP) is 4.37. The normalized spacial score (nSPS) is 17.8. The van der Waals surface area contributed by atoms with Gasteiger partial charge in [0.25, 0.3) is 0 Å². The number of hydrogen-bond acceptors (Lipinski definition) is 4. The maximum Gasteiger partial charge on any atom is 0.209 e. The molecule has 6 heteroatoms. The molecule has 2 atom stereocenters. The summed E-state index contributed by atoms with van der Waals surface area (Å²) in [5.74, 6) is 7.75. The number of aromatic nitrogens is 4. The lowest BCUT2D eigenvalue weighted by Crippen LogP contribution is -2.08.